The lowest BCUT2D eigenvalue weighted by molar-refractivity contribution is 0.355. The number of hydrogen-bond acceptors (Lipinski definition) is 4. The molecule has 1 aromatic carbocycles. The predicted molar refractivity (Wildman–Crippen MR) is 128 cm³/mol. The Morgan fingerprint density at radius 2 is 1.97 bits per heavy atom. The largest absolute Gasteiger partial charge is 0.493 e. The zero-order valence-electron chi connectivity index (χ0n) is 17.2. The van der Waals surface area contributed by atoms with Gasteiger partial charge in [-0.15, -0.1) is 24.0 Å². The van der Waals surface area contributed by atoms with Gasteiger partial charge in [-0.1, -0.05) is 6.07 Å². The zero-order valence-corrected chi connectivity index (χ0v) is 19.6. The average Bonchev–Trinajstić information content (AvgIpc) is 3.12. The van der Waals surface area contributed by atoms with Crippen molar-refractivity contribution in [2.45, 2.75) is 20.3 Å². The molecule has 0 amide bonds. The van der Waals surface area contributed by atoms with Crippen LogP contribution in [-0.4, -0.2) is 42.7 Å². The highest BCUT2D eigenvalue weighted by Crippen LogP contribution is 2.29. The van der Waals surface area contributed by atoms with Crippen molar-refractivity contribution in [1.82, 2.24) is 14.7 Å². The molecular weight excluding hydrogens is 481 g/mol. The van der Waals surface area contributed by atoms with Crippen molar-refractivity contribution in [2.24, 2.45) is 4.99 Å². The Balaban J connectivity index is 0.00000300. The van der Waals surface area contributed by atoms with E-state index in [1.807, 2.05) is 37.4 Å². The number of rotatable bonds is 7. The van der Waals surface area contributed by atoms with Gasteiger partial charge in [0, 0.05) is 43.7 Å². The standard InChI is InChI=1S/C21H27N5O2.HI/c1-5-22-21(25-16-8-9-18(27-3)19(13-16)28-4)23-11-10-17-14-26-12-6-7-15(2)20(26)24-17;/h6-9,12-14H,5,10-11H2,1-4H3,(H2,22,23,25);1H. The Bertz CT molecular complexity index is 971. The average molecular weight is 509 g/mol. The lowest BCUT2D eigenvalue weighted by Crippen LogP contribution is -2.30. The van der Waals surface area contributed by atoms with Crippen LogP contribution in [0.1, 0.15) is 18.2 Å². The highest BCUT2D eigenvalue weighted by molar-refractivity contribution is 14.0. The summed E-state index contributed by atoms with van der Waals surface area (Å²) < 4.78 is 12.7. The Morgan fingerprint density at radius 1 is 1.17 bits per heavy atom. The third-order valence-electron chi connectivity index (χ3n) is 4.36. The molecule has 3 rings (SSSR count). The maximum Gasteiger partial charge on any atom is 0.195 e. The summed E-state index contributed by atoms with van der Waals surface area (Å²) >= 11 is 0. The molecule has 2 heterocycles. The lowest BCUT2D eigenvalue weighted by Gasteiger charge is -2.13. The summed E-state index contributed by atoms with van der Waals surface area (Å²) in [4.78, 5) is 9.37. The number of halogens is 1. The molecule has 156 valence electrons. The highest BCUT2D eigenvalue weighted by Gasteiger charge is 2.07. The number of imidazole rings is 1. The van der Waals surface area contributed by atoms with Crippen LogP contribution in [0.2, 0.25) is 0 Å². The first-order chi connectivity index (χ1) is 13.6. The summed E-state index contributed by atoms with van der Waals surface area (Å²) in [5.41, 5.74) is 4.07. The normalized spacial score (nSPS) is 11.1. The van der Waals surface area contributed by atoms with Crippen LogP contribution in [0.5, 0.6) is 11.5 Å². The molecule has 0 saturated heterocycles. The van der Waals surface area contributed by atoms with Gasteiger partial charge < -0.3 is 24.5 Å². The monoisotopic (exact) mass is 509 g/mol. The van der Waals surface area contributed by atoms with Gasteiger partial charge in [-0.2, -0.15) is 0 Å². The first-order valence-corrected chi connectivity index (χ1v) is 9.35. The smallest absolute Gasteiger partial charge is 0.195 e. The number of aliphatic imine (C=N–C) groups is 1. The van der Waals surface area contributed by atoms with E-state index >= 15 is 0 Å². The molecule has 0 unspecified atom stereocenters. The van der Waals surface area contributed by atoms with Crippen LogP contribution in [0.15, 0.2) is 47.7 Å². The number of nitrogens with one attached hydrogen (secondary N) is 2. The molecule has 0 spiro atoms. The number of methoxy groups -OCH3 is 2. The van der Waals surface area contributed by atoms with Gasteiger partial charge in [0.2, 0.25) is 0 Å². The van der Waals surface area contributed by atoms with E-state index in [2.05, 4.69) is 39.2 Å². The van der Waals surface area contributed by atoms with Gasteiger partial charge in [0.25, 0.3) is 0 Å². The second-order valence-electron chi connectivity index (χ2n) is 6.36. The van der Waals surface area contributed by atoms with E-state index in [4.69, 9.17) is 14.5 Å². The van der Waals surface area contributed by atoms with Crippen molar-refractivity contribution >= 4 is 41.3 Å². The number of hydrogen-bond donors (Lipinski definition) is 2. The number of fused-ring (bicyclic) bond motifs is 1. The first kappa shape index (κ1) is 22.8. The Hall–Kier alpha value is -2.49. The Morgan fingerprint density at radius 3 is 2.66 bits per heavy atom. The second-order valence-corrected chi connectivity index (χ2v) is 6.36. The van der Waals surface area contributed by atoms with Gasteiger partial charge in [-0.3, -0.25) is 4.99 Å². The van der Waals surface area contributed by atoms with Crippen molar-refractivity contribution in [3.63, 3.8) is 0 Å². The molecule has 8 heteroatoms. The molecule has 3 aromatic rings. The minimum atomic E-state index is 0. The van der Waals surface area contributed by atoms with E-state index in [1.165, 1.54) is 5.56 Å². The van der Waals surface area contributed by atoms with Gasteiger partial charge >= 0.3 is 0 Å². The van der Waals surface area contributed by atoms with E-state index in [9.17, 15) is 0 Å². The first-order valence-electron chi connectivity index (χ1n) is 9.35. The number of guanidine groups is 1. The van der Waals surface area contributed by atoms with Crippen molar-refractivity contribution in [3.05, 3.63) is 54.0 Å². The van der Waals surface area contributed by atoms with Crippen LogP contribution in [-0.2, 0) is 6.42 Å². The number of ether oxygens (including phenoxy) is 2. The molecule has 0 aliphatic carbocycles. The van der Waals surface area contributed by atoms with E-state index < -0.39 is 0 Å². The SMILES string of the molecule is CCNC(=NCCc1cn2cccc(C)c2n1)Nc1ccc(OC)c(OC)c1.I. The van der Waals surface area contributed by atoms with Crippen LogP contribution < -0.4 is 20.1 Å². The second kappa shape index (κ2) is 10.9. The highest BCUT2D eigenvalue weighted by atomic mass is 127. The Labute approximate surface area is 188 Å². The van der Waals surface area contributed by atoms with E-state index in [-0.39, 0.29) is 24.0 Å². The number of nitrogens with zero attached hydrogens (tertiary/aromatic N) is 3. The van der Waals surface area contributed by atoms with E-state index in [0.717, 1.165) is 36.0 Å². The van der Waals surface area contributed by atoms with Gasteiger partial charge in [0.15, 0.2) is 17.5 Å². The molecule has 0 fully saturated rings. The maximum atomic E-state index is 5.36. The third kappa shape index (κ3) is 5.75. The third-order valence-corrected chi connectivity index (χ3v) is 4.36. The lowest BCUT2D eigenvalue weighted by atomic mass is 10.2. The number of pyridine rings is 1. The summed E-state index contributed by atoms with van der Waals surface area (Å²) in [5, 5.41) is 6.57. The summed E-state index contributed by atoms with van der Waals surface area (Å²) in [6, 6.07) is 9.78. The fraction of sp³-hybridized carbons (Fsp3) is 0.333. The fourth-order valence-electron chi connectivity index (χ4n) is 2.96. The Kier molecular flexibility index (Phi) is 8.56. The summed E-state index contributed by atoms with van der Waals surface area (Å²) in [5.74, 6) is 2.08. The van der Waals surface area contributed by atoms with Crippen LogP contribution >= 0.6 is 24.0 Å². The molecule has 0 saturated carbocycles. The van der Waals surface area contributed by atoms with Gasteiger partial charge in [-0.05, 0) is 37.6 Å². The van der Waals surface area contributed by atoms with Crippen molar-refractivity contribution in [1.29, 1.82) is 0 Å². The summed E-state index contributed by atoms with van der Waals surface area (Å²) in [6.45, 7) is 5.51. The molecule has 0 atom stereocenters. The zero-order chi connectivity index (χ0) is 19.9. The molecule has 0 aliphatic rings. The summed E-state index contributed by atoms with van der Waals surface area (Å²) in [6.07, 6.45) is 4.85. The van der Waals surface area contributed by atoms with E-state index in [1.54, 1.807) is 14.2 Å². The molecule has 0 radical (unpaired) electrons. The fourth-order valence-corrected chi connectivity index (χ4v) is 2.96. The number of aromatic nitrogens is 2. The van der Waals surface area contributed by atoms with Crippen molar-refractivity contribution in [2.75, 3.05) is 32.6 Å². The molecule has 7 nitrogen and oxygen atoms in total. The van der Waals surface area contributed by atoms with Gasteiger partial charge in [-0.25, -0.2) is 4.98 Å². The molecule has 0 bridgehead atoms. The van der Waals surface area contributed by atoms with Crippen LogP contribution in [0.3, 0.4) is 0 Å². The molecule has 2 N–H and O–H groups in total. The minimum Gasteiger partial charge on any atom is -0.493 e. The maximum absolute atomic E-state index is 5.36. The molecular formula is C21H28IN5O2. The van der Waals surface area contributed by atoms with Crippen molar-refractivity contribution < 1.29 is 9.47 Å². The molecule has 2 aromatic heterocycles. The number of aryl methyl sites for hydroxylation is 1. The minimum absolute atomic E-state index is 0. The van der Waals surface area contributed by atoms with E-state index in [0.29, 0.717) is 18.0 Å². The van der Waals surface area contributed by atoms with Crippen LogP contribution in [0.25, 0.3) is 5.65 Å². The van der Waals surface area contributed by atoms with Crippen molar-refractivity contribution in [3.8, 4) is 11.5 Å². The van der Waals surface area contributed by atoms with Gasteiger partial charge in [0.05, 0.1) is 19.9 Å². The van der Waals surface area contributed by atoms with Crippen LogP contribution in [0, 0.1) is 6.92 Å². The van der Waals surface area contributed by atoms with Crippen LogP contribution in [0.4, 0.5) is 5.69 Å². The molecule has 29 heavy (non-hydrogen) atoms. The number of benzene rings is 1. The number of anilines is 1. The van der Waals surface area contributed by atoms with Gasteiger partial charge in [0.1, 0.15) is 5.65 Å². The summed E-state index contributed by atoms with van der Waals surface area (Å²) in [7, 11) is 3.24. The molecule has 0 aliphatic heterocycles. The quantitative estimate of drug-likeness (QED) is 0.287. The topological polar surface area (TPSA) is 72.2 Å². The predicted octanol–water partition coefficient (Wildman–Crippen LogP) is 3.90.